The smallest absolute Gasteiger partial charge is 0.323 e. The topological polar surface area (TPSA) is 296 Å². The van der Waals surface area contributed by atoms with E-state index in [-0.39, 0.29) is 87.9 Å². The molecular weight excluding hydrogens is 1520 g/mol. The van der Waals surface area contributed by atoms with Gasteiger partial charge in [0.15, 0.2) is 46.0 Å². The molecule has 12 rings (SSSR count). The molecule has 0 radical (unpaired) electrons. The van der Waals surface area contributed by atoms with Crippen LogP contribution in [0.4, 0.5) is 0 Å². The number of carbonyl (C=O) groups excluding carboxylic acids is 4. The highest BCUT2D eigenvalue weighted by molar-refractivity contribution is 5.77. The van der Waals surface area contributed by atoms with Gasteiger partial charge in [0.05, 0.1) is 70.4 Å². The zero-order chi connectivity index (χ0) is 141. The van der Waals surface area contributed by atoms with Crippen molar-refractivity contribution in [1.29, 1.82) is 0 Å². The summed E-state index contributed by atoms with van der Waals surface area (Å²) in [6.45, 7) is -39.3. The van der Waals surface area contributed by atoms with Crippen LogP contribution < -0.4 is 60.8 Å². The first kappa shape index (κ1) is 42.2. The molecule has 0 aliphatic carbocycles. The summed E-state index contributed by atoms with van der Waals surface area (Å²) in [5.41, 5.74) is 28.2. The summed E-state index contributed by atoms with van der Waals surface area (Å²) in [4.78, 5) is 61.2. The van der Waals surface area contributed by atoms with E-state index in [0.717, 1.165) is 38.8 Å². The fraction of sp³-hybridized carbons (Fsp3) is 0.708. The van der Waals surface area contributed by atoms with E-state index < -0.39 is 289 Å². The van der Waals surface area contributed by atoms with Gasteiger partial charge in [0.1, 0.15) is 48.5 Å². The molecule has 24 nitrogen and oxygen atoms in total. The van der Waals surface area contributed by atoms with Gasteiger partial charge >= 0.3 is 23.9 Å². The van der Waals surface area contributed by atoms with Gasteiger partial charge < -0.3 is 79.8 Å². The molecule has 120 heavy (non-hydrogen) atoms. The van der Waals surface area contributed by atoms with E-state index in [1.165, 1.54) is 66.9 Å². The first-order valence-electron chi connectivity index (χ1n) is 69.4. The summed E-state index contributed by atoms with van der Waals surface area (Å²) in [5.74, 6) is -39.1. The lowest BCUT2D eigenvalue weighted by Gasteiger charge is -2.47. The van der Waals surface area contributed by atoms with E-state index in [2.05, 4.69) is 0 Å². The minimum absolute atomic E-state index is 0.0235. The average Bonchev–Trinajstić information content (AvgIpc) is 0.715. The number of carbonyl (C=O) groups is 4. The fourth-order valence-corrected chi connectivity index (χ4v) is 16.6. The molecule has 0 bridgehead atoms. The molecule has 4 aromatic carbocycles. The van der Waals surface area contributed by atoms with Crippen molar-refractivity contribution in [1.82, 2.24) is 19.6 Å². The van der Waals surface area contributed by atoms with Gasteiger partial charge in [-0.3, -0.25) is 38.8 Å². The number of esters is 4. The van der Waals surface area contributed by atoms with Crippen LogP contribution in [0.1, 0.15) is 315 Å². The molecule has 4 aromatic rings. The van der Waals surface area contributed by atoms with Crippen molar-refractivity contribution in [3.05, 3.63) is 93.0 Å². The molecule has 0 amide bonds. The van der Waals surface area contributed by atoms with Gasteiger partial charge in [-0.15, -0.1) is 0 Å². The Bertz CT molecular complexity index is 6280. The molecule has 0 spiro atoms. The molecule has 8 N–H and O–H groups in total. The molecule has 8 aliphatic rings. The average molecular weight is 1740 g/mol. The predicted octanol–water partition coefficient (Wildman–Crippen LogP) is 14.3. The van der Waals surface area contributed by atoms with E-state index in [1.807, 2.05) is 9.80 Å². The predicted molar refractivity (Wildman–Crippen MR) is 471 cm³/mol. The maximum Gasteiger partial charge on any atom is 0.323 e. The number of nitrogens with zero attached hydrogens (tertiary/aromatic N) is 4. The van der Waals surface area contributed by atoms with Gasteiger partial charge in [-0.1, -0.05) is 110 Å². The summed E-state index contributed by atoms with van der Waals surface area (Å²) in [7, 11) is 2.73. The number of methoxy groups -OCH3 is 8. The van der Waals surface area contributed by atoms with E-state index in [4.69, 9.17) is 165 Å². The Morgan fingerprint density at radius 3 is 0.725 bits per heavy atom. The van der Waals surface area contributed by atoms with Crippen LogP contribution in [0.2, 0.25) is 0 Å². The highest BCUT2D eigenvalue weighted by Gasteiger charge is 2.47. The molecule has 672 valence electrons. The lowest BCUT2D eigenvalue weighted by Crippen LogP contribution is -2.51. The molecular formula is C96H152N8O16. The maximum atomic E-state index is 13.5. The van der Waals surface area contributed by atoms with Crippen LogP contribution in [0.3, 0.4) is 0 Å². The Morgan fingerprint density at radius 1 is 0.342 bits per heavy atom. The first-order chi connectivity index (χ1) is 81.1. The number of benzene rings is 4. The van der Waals surface area contributed by atoms with Crippen LogP contribution in [0, 0.1) is 70.8 Å². The normalized spacial score (nSPS) is 37.8. The number of hydrogen-bond donors (Lipinski definition) is 4. The summed E-state index contributed by atoms with van der Waals surface area (Å²) in [6.07, 6.45) is -17.9. The van der Waals surface area contributed by atoms with E-state index >= 15 is 0 Å². The third-order valence-corrected chi connectivity index (χ3v) is 22.2. The van der Waals surface area contributed by atoms with E-state index in [9.17, 15) is 19.2 Å². The van der Waals surface area contributed by atoms with Crippen molar-refractivity contribution in [2.75, 3.05) is 109 Å². The van der Waals surface area contributed by atoms with Crippen molar-refractivity contribution in [2.45, 2.75) is 259 Å². The van der Waals surface area contributed by atoms with Crippen LogP contribution >= 0.6 is 0 Å². The lowest BCUT2D eigenvalue weighted by atomic mass is 9.79. The minimum Gasteiger partial charge on any atom is -0.493 e. The molecule has 0 saturated carbocycles. The maximum absolute atomic E-state index is 13.5. The van der Waals surface area contributed by atoms with Crippen molar-refractivity contribution >= 4 is 23.9 Å². The fourth-order valence-electron chi connectivity index (χ4n) is 16.6. The van der Waals surface area contributed by atoms with Gasteiger partial charge in [0, 0.05) is 197 Å². The monoisotopic (exact) mass is 1740 g/mol. The van der Waals surface area contributed by atoms with E-state index in [1.54, 1.807) is 34.1 Å². The zero-order valence-electron chi connectivity index (χ0n) is 130. The summed E-state index contributed by atoms with van der Waals surface area (Å²) >= 11 is 0. The molecule has 0 aromatic heterocycles. The Kier molecular flexibility index (Phi) is 15.5. The second-order valence-electron chi connectivity index (χ2n) is 29.8. The third kappa shape index (κ3) is 23.8. The van der Waals surface area contributed by atoms with Crippen LogP contribution in [0.25, 0.3) is 0 Å². The lowest BCUT2D eigenvalue weighted by molar-refractivity contribution is -0.161. The molecule has 8 heterocycles. The second kappa shape index (κ2) is 43.9. The number of nitrogens with two attached hydrogens (primary N) is 4. The largest absolute Gasteiger partial charge is 0.493 e. The molecule has 8 aliphatic heterocycles. The Balaban J connectivity index is 0.000000265. The molecule has 4 fully saturated rings. The third-order valence-electron chi connectivity index (χ3n) is 22.2. The van der Waals surface area contributed by atoms with Gasteiger partial charge in [0.2, 0.25) is 0 Å². The highest BCUT2D eigenvalue weighted by atomic mass is 16.6. The summed E-state index contributed by atoms with van der Waals surface area (Å²) < 4.78 is 560. The van der Waals surface area contributed by atoms with Crippen molar-refractivity contribution in [2.24, 2.45) is 93.8 Å². The van der Waals surface area contributed by atoms with Crippen molar-refractivity contribution in [3.63, 3.8) is 0 Å². The molecule has 16 unspecified atom stereocenters. The van der Waals surface area contributed by atoms with Gasteiger partial charge in [0.25, 0.3) is 0 Å². The summed E-state index contributed by atoms with van der Waals surface area (Å²) in [5, 5.41) is 0. The molecule has 4 saturated heterocycles. The second-order valence-corrected chi connectivity index (χ2v) is 29.8. The number of ether oxygens (including phenoxy) is 12. The van der Waals surface area contributed by atoms with Crippen LogP contribution in [0.5, 0.6) is 46.0 Å². The highest BCUT2D eigenvalue weighted by Crippen LogP contribution is 2.50. The minimum atomic E-state index is -3.91. The SMILES string of the molecule is [2H]C([2H])([2H])C([2H])(C)C([2H])([2H])C1CN2CCc3cc(OC)c(OC)cc3C2CC1OC(=O)[C@@]([2H])(N)C([2H])(C([2H])([2H])[2H])C([2H])([2H])[2H].[2H]C([2H])([2H])C([2H])(C)C([2H])([2H])C1CN2CCc3cc(OC)c(OC)cc3C2CC1OC(=O)[C@@]([2H])(N)C([2H])(C([2H])([2H])[2H])C([2H])([2H])[2H].[2H]C([2H])([2H])Oc1cc2c(cc1OC)C1CC(OC(=O)[C@@]([2H])(N)C([2H])(C([2H])([2H])[2H])C([2H])([2H])[2H])C(C([2H])([2H])C([2H])(C)C([2H])([2H])[2H])CN1CC2.[2H]C([2H])([2H])Oc1cc2c(cc1OC)C1CC(OC(=O)[C@@]([2H])(N)C([2H])(C([2H])([2H])[2H])C([2H])([2H])[2H])C(C([2H])([2H])C([2H])(C)C([2H])([2H])[2H])CN1CC2. The van der Waals surface area contributed by atoms with Crippen LogP contribution in [0.15, 0.2) is 48.5 Å². The van der Waals surface area contributed by atoms with Crippen LogP contribution in [-0.4, -0.2) is 201 Å². The number of rotatable bonds is 28. The number of hydrogen-bond acceptors (Lipinski definition) is 24. The standard InChI is InChI=1S/4C24H38N2O4/c4*1-14(2)9-17-13-26-8-7-16-10-21(28-5)22(29-6)11-18(16)19(26)12-20(17)30-24(27)23(25)15(3)4/h4*10-11,14-15,17,19-20,23H,7-9,12-13,25H2,1-6H3/t4*17?,19?,20?,23-/m0000/s1/i2*1D3,3D3,4D3,5D3,9D2,14D,15D,23D;2*1D3,3D3,4D3,9D2,14D,15D,23D/t4*14?,17?,19?,20?,23-. The molecule has 20 atom stereocenters. The quantitative estimate of drug-likeness (QED) is 0.0303. The summed E-state index contributed by atoms with van der Waals surface area (Å²) in [6, 6.07) is -4.78. The van der Waals surface area contributed by atoms with Gasteiger partial charge in [-0.05, 0) is 191 Å². The van der Waals surface area contributed by atoms with Crippen molar-refractivity contribution in [3.8, 4) is 46.0 Å². The van der Waals surface area contributed by atoms with E-state index in [0.29, 0.717) is 95.2 Å². The van der Waals surface area contributed by atoms with Gasteiger partial charge in [-0.25, -0.2) is 0 Å². The Morgan fingerprint density at radius 2 is 0.542 bits per heavy atom. The number of piperidine rings is 4. The Labute approximate surface area is 805 Å². The Hall–Kier alpha value is -7.16. The zero-order valence-corrected chi connectivity index (χ0v) is 68.5. The molecule has 24 heteroatoms. The number of fused-ring (bicyclic) bond motifs is 12. The van der Waals surface area contributed by atoms with Gasteiger partial charge in [-0.2, -0.15) is 0 Å². The first-order valence-corrected chi connectivity index (χ1v) is 38.4. The van der Waals surface area contributed by atoms with Crippen LogP contribution in [-0.2, 0) is 63.8 Å². The van der Waals surface area contributed by atoms with Crippen molar-refractivity contribution < 1.29 is 161 Å².